The number of nitrogens with two attached hydrogens (primary N) is 2. The molecule has 19 nitrogen and oxygen atoms in total. The van der Waals surface area contributed by atoms with Crippen molar-refractivity contribution < 1.29 is 48.0 Å². The number of amides is 6. The molecular formula is C44H63N9O10. The molecule has 0 saturated carbocycles. The summed E-state index contributed by atoms with van der Waals surface area (Å²) in [6, 6.07) is 20.8. The highest BCUT2D eigenvalue weighted by Crippen LogP contribution is 2.27. The number of benzene rings is 3. The largest absolute Gasteiger partial charge is 0.508 e. The number of nitrogens with one attached hydrogen (secondary N) is 6. The third-order valence-electron chi connectivity index (χ3n) is 9.04. The maximum atomic E-state index is 14.2. The summed E-state index contributed by atoms with van der Waals surface area (Å²) in [7, 11) is 0. The van der Waals surface area contributed by atoms with Gasteiger partial charge in [0.05, 0.1) is 65.2 Å². The summed E-state index contributed by atoms with van der Waals surface area (Å²) in [5, 5.41) is 26.0. The first-order chi connectivity index (χ1) is 30.6. The standard InChI is InChI=1S/C44H63N9O10/c1-2-38(55)47-21-22-49-44(59)53-43(46)48-20-6-9-37(41(57)50-31-32-10-16-36(54)17-11-32)52-42(58)40(33-7-4-3-5-8-33)34-12-14-35(15-13-34)51-39(56)18-23-60-25-27-62-29-30-63-28-26-61-24-19-45/h3-5,7-8,10-17,37,40,54H,2,6,9,18-31,45H2,1H3,(H,47,55)(H,50,57)(H,51,56)(H,52,58)(H4,46,48,49,53,59)/t37-,40?/m1/s1. The molecule has 0 heterocycles. The van der Waals surface area contributed by atoms with Crippen LogP contribution < -0.4 is 43.4 Å². The van der Waals surface area contributed by atoms with Gasteiger partial charge in [0.1, 0.15) is 11.8 Å². The molecule has 0 bridgehead atoms. The van der Waals surface area contributed by atoms with Crippen LogP contribution in [0.1, 0.15) is 55.2 Å². The van der Waals surface area contributed by atoms with Crippen LogP contribution in [0.5, 0.6) is 5.75 Å². The first-order valence-corrected chi connectivity index (χ1v) is 21.0. The van der Waals surface area contributed by atoms with Gasteiger partial charge in [0.2, 0.25) is 23.6 Å². The van der Waals surface area contributed by atoms with Crippen LogP contribution in [-0.4, -0.2) is 126 Å². The van der Waals surface area contributed by atoms with Gasteiger partial charge in [-0.2, -0.15) is 0 Å². The fourth-order valence-electron chi connectivity index (χ4n) is 5.78. The van der Waals surface area contributed by atoms with Gasteiger partial charge < -0.3 is 62.1 Å². The van der Waals surface area contributed by atoms with E-state index in [1.54, 1.807) is 43.3 Å². The average Bonchev–Trinajstić information content (AvgIpc) is 3.28. The van der Waals surface area contributed by atoms with Crippen LogP contribution in [0.4, 0.5) is 10.5 Å². The number of hydrogen-bond donors (Lipinski definition) is 9. The third kappa shape index (κ3) is 22.0. The molecule has 3 aromatic carbocycles. The molecule has 0 radical (unpaired) electrons. The van der Waals surface area contributed by atoms with E-state index in [4.69, 9.17) is 30.4 Å². The van der Waals surface area contributed by atoms with Crippen molar-refractivity contribution in [2.24, 2.45) is 16.5 Å². The molecule has 19 heteroatoms. The summed E-state index contributed by atoms with van der Waals surface area (Å²) in [4.78, 5) is 68.2. The fourth-order valence-corrected chi connectivity index (χ4v) is 5.78. The molecule has 344 valence electrons. The number of carbonyl (C=O) groups is 5. The average molecular weight is 878 g/mol. The number of hydrogen-bond acceptors (Lipinski definition) is 12. The molecule has 0 spiro atoms. The maximum Gasteiger partial charge on any atom is 0.321 e. The number of anilines is 1. The predicted octanol–water partition coefficient (Wildman–Crippen LogP) is 1.60. The molecule has 3 rings (SSSR count). The minimum absolute atomic E-state index is 0.0903. The zero-order valence-corrected chi connectivity index (χ0v) is 35.9. The van der Waals surface area contributed by atoms with Gasteiger partial charge in [0, 0.05) is 44.8 Å². The number of aromatic hydroxyl groups is 1. The molecule has 6 amide bonds. The van der Waals surface area contributed by atoms with Gasteiger partial charge >= 0.3 is 6.03 Å². The number of nitrogens with zero attached hydrogens (tertiary/aromatic N) is 1. The van der Waals surface area contributed by atoms with Crippen LogP contribution in [0.25, 0.3) is 0 Å². The number of urea groups is 1. The van der Waals surface area contributed by atoms with Crippen molar-refractivity contribution in [2.45, 2.75) is 51.1 Å². The molecule has 0 fully saturated rings. The summed E-state index contributed by atoms with van der Waals surface area (Å²) in [6.07, 6.45) is 0.959. The first-order valence-electron chi connectivity index (χ1n) is 21.0. The van der Waals surface area contributed by atoms with E-state index in [2.05, 4.69) is 36.9 Å². The molecule has 0 saturated heterocycles. The normalized spacial score (nSPS) is 12.1. The van der Waals surface area contributed by atoms with Crippen molar-refractivity contribution >= 4 is 41.3 Å². The second kappa shape index (κ2) is 30.8. The lowest BCUT2D eigenvalue weighted by Crippen LogP contribution is -2.48. The lowest BCUT2D eigenvalue weighted by Gasteiger charge is -2.23. The molecule has 2 atom stereocenters. The summed E-state index contributed by atoms with van der Waals surface area (Å²) < 4.78 is 21.6. The highest BCUT2D eigenvalue weighted by atomic mass is 16.6. The monoisotopic (exact) mass is 877 g/mol. The van der Waals surface area contributed by atoms with E-state index < -0.39 is 29.8 Å². The van der Waals surface area contributed by atoms with E-state index in [0.717, 1.165) is 5.56 Å². The topological polar surface area (TPSA) is 279 Å². The minimum Gasteiger partial charge on any atom is -0.508 e. The van der Waals surface area contributed by atoms with Gasteiger partial charge in [-0.15, -0.1) is 0 Å². The smallest absolute Gasteiger partial charge is 0.321 e. The van der Waals surface area contributed by atoms with Gasteiger partial charge in [-0.25, -0.2) is 4.79 Å². The van der Waals surface area contributed by atoms with Crippen molar-refractivity contribution in [3.05, 3.63) is 95.6 Å². The second-order valence-electron chi connectivity index (χ2n) is 13.9. The molecule has 0 aliphatic heterocycles. The Morgan fingerprint density at radius 1 is 0.698 bits per heavy atom. The lowest BCUT2D eigenvalue weighted by molar-refractivity contribution is -0.129. The molecular weight excluding hydrogens is 815 g/mol. The molecule has 0 aromatic heterocycles. The first kappa shape index (κ1) is 51.2. The Morgan fingerprint density at radius 2 is 1.30 bits per heavy atom. The molecule has 1 unspecified atom stereocenters. The van der Waals surface area contributed by atoms with Crippen molar-refractivity contribution in [3.63, 3.8) is 0 Å². The number of rotatable bonds is 30. The Bertz CT molecular complexity index is 1830. The van der Waals surface area contributed by atoms with Crippen LogP contribution in [0.2, 0.25) is 0 Å². The van der Waals surface area contributed by atoms with Gasteiger partial charge in [-0.1, -0.05) is 61.5 Å². The Labute approximate surface area is 368 Å². The lowest BCUT2D eigenvalue weighted by atomic mass is 9.90. The Kier molecular flexibility index (Phi) is 25.1. The highest BCUT2D eigenvalue weighted by Gasteiger charge is 2.28. The van der Waals surface area contributed by atoms with Gasteiger partial charge in [0.15, 0.2) is 5.96 Å². The van der Waals surface area contributed by atoms with Crippen molar-refractivity contribution in [1.29, 1.82) is 0 Å². The van der Waals surface area contributed by atoms with E-state index in [1.165, 1.54) is 12.1 Å². The zero-order chi connectivity index (χ0) is 45.5. The molecule has 0 aliphatic rings. The molecule has 63 heavy (non-hydrogen) atoms. The summed E-state index contributed by atoms with van der Waals surface area (Å²) in [5.41, 5.74) is 13.9. The number of phenols is 1. The quantitative estimate of drug-likeness (QED) is 0.0263. The second-order valence-corrected chi connectivity index (χ2v) is 13.9. The van der Waals surface area contributed by atoms with Crippen LogP contribution in [0.3, 0.4) is 0 Å². The number of aliphatic imine (C=N–C) groups is 1. The zero-order valence-electron chi connectivity index (χ0n) is 35.9. The van der Waals surface area contributed by atoms with Gasteiger partial charge in [0.25, 0.3) is 0 Å². The summed E-state index contributed by atoms with van der Waals surface area (Å²) in [6.45, 7) is 6.14. The van der Waals surface area contributed by atoms with Crippen LogP contribution >= 0.6 is 0 Å². The summed E-state index contributed by atoms with van der Waals surface area (Å²) in [5.74, 6) is -2.10. The third-order valence-corrected chi connectivity index (χ3v) is 9.04. The van der Waals surface area contributed by atoms with Gasteiger partial charge in [-0.3, -0.25) is 29.5 Å². The molecule has 0 aliphatic carbocycles. The van der Waals surface area contributed by atoms with E-state index in [9.17, 15) is 29.1 Å². The van der Waals surface area contributed by atoms with Crippen LogP contribution in [-0.2, 0) is 44.7 Å². The Morgan fingerprint density at radius 3 is 1.94 bits per heavy atom. The molecule has 11 N–H and O–H groups in total. The van der Waals surface area contributed by atoms with Crippen LogP contribution in [0, 0.1) is 0 Å². The Balaban J connectivity index is 1.57. The highest BCUT2D eigenvalue weighted by molar-refractivity contribution is 5.95. The van der Waals surface area contributed by atoms with E-state index in [-0.39, 0.29) is 69.2 Å². The van der Waals surface area contributed by atoms with E-state index >= 15 is 0 Å². The summed E-state index contributed by atoms with van der Waals surface area (Å²) >= 11 is 0. The number of carbonyl (C=O) groups excluding carboxylic acids is 5. The van der Waals surface area contributed by atoms with Gasteiger partial charge in [-0.05, 0) is 53.8 Å². The van der Waals surface area contributed by atoms with E-state index in [1.807, 2.05) is 30.3 Å². The predicted molar refractivity (Wildman–Crippen MR) is 238 cm³/mol. The maximum absolute atomic E-state index is 14.2. The Hall–Kier alpha value is -6.12. The van der Waals surface area contributed by atoms with Crippen molar-refractivity contribution in [2.75, 3.05) is 84.4 Å². The molecule has 3 aromatic rings. The van der Waals surface area contributed by atoms with E-state index in [0.29, 0.717) is 82.4 Å². The van der Waals surface area contributed by atoms with Crippen LogP contribution in [0.15, 0.2) is 83.9 Å². The number of ether oxygens (including phenoxy) is 4. The SMILES string of the molecule is CCC(=O)NCCNC(=O)NC(N)=NCCC[C@@H](NC(=O)C(c1ccccc1)c1ccc(NC(=O)CCOCCOCCOCCOCCN)cc1)C(=O)NCc1ccc(O)cc1. The fraction of sp³-hybridized carbons (Fsp3) is 0.455. The number of phenolic OH excluding ortho intramolecular Hbond substituents is 1. The van der Waals surface area contributed by atoms with Crippen molar-refractivity contribution in [1.82, 2.24) is 26.6 Å². The minimum atomic E-state index is -0.981. The van der Waals surface area contributed by atoms with Crippen molar-refractivity contribution in [3.8, 4) is 5.75 Å². The number of guanidine groups is 1.